The minimum atomic E-state index is -0.216. The van der Waals surface area contributed by atoms with Crippen LogP contribution < -0.4 is 5.32 Å². The van der Waals surface area contributed by atoms with Crippen molar-refractivity contribution >= 4 is 15.9 Å². The third-order valence-corrected chi connectivity index (χ3v) is 4.25. The second kappa shape index (κ2) is 6.13. The summed E-state index contributed by atoms with van der Waals surface area (Å²) in [6, 6.07) is 5.90. The average Bonchev–Trinajstić information content (AvgIpc) is 2.80. The molecule has 1 fully saturated rings. The first-order valence-corrected chi connectivity index (χ1v) is 7.13. The predicted molar refractivity (Wildman–Crippen MR) is 74.1 cm³/mol. The minimum Gasteiger partial charge on any atom is -0.381 e. The summed E-state index contributed by atoms with van der Waals surface area (Å²) in [4.78, 5) is 0. The molecule has 2 nitrogen and oxygen atoms in total. The zero-order chi connectivity index (χ0) is 13.1. The van der Waals surface area contributed by atoms with Crippen LogP contribution in [0.25, 0.3) is 0 Å². The Morgan fingerprint density at radius 1 is 1.44 bits per heavy atom. The van der Waals surface area contributed by atoms with Gasteiger partial charge >= 0.3 is 0 Å². The van der Waals surface area contributed by atoms with Gasteiger partial charge in [-0.3, -0.25) is 0 Å². The normalized spacial score (nSPS) is 25.3. The first-order chi connectivity index (χ1) is 8.60. The van der Waals surface area contributed by atoms with Crippen LogP contribution in [0.1, 0.15) is 37.8 Å². The highest BCUT2D eigenvalue weighted by Gasteiger charge is 2.25. The van der Waals surface area contributed by atoms with E-state index in [1.807, 2.05) is 12.1 Å². The minimum absolute atomic E-state index is 0.216. The molecule has 0 amide bonds. The van der Waals surface area contributed by atoms with Gasteiger partial charge in [-0.15, -0.1) is 0 Å². The third-order valence-electron chi connectivity index (χ3n) is 3.65. The number of benzene rings is 1. The molecule has 0 aromatic heterocycles. The van der Waals surface area contributed by atoms with Crippen molar-refractivity contribution in [1.82, 2.24) is 5.32 Å². The van der Waals surface area contributed by atoms with Gasteiger partial charge in [0.15, 0.2) is 0 Å². The highest BCUT2D eigenvalue weighted by Crippen LogP contribution is 2.26. The summed E-state index contributed by atoms with van der Waals surface area (Å²) < 4.78 is 19.1. The Labute approximate surface area is 116 Å². The lowest BCUT2D eigenvalue weighted by Gasteiger charge is -2.20. The van der Waals surface area contributed by atoms with Gasteiger partial charge in [-0.2, -0.15) is 0 Å². The molecule has 0 bridgehead atoms. The maximum atomic E-state index is 13.2. The molecule has 100 valence electrons. The van der Waals surface area contributed by atoms with E-state index < -0.39 is 0 Å². The monoisotopic (exact) mass is 315 g/mol. The fourth-order valence-corrected chi connectivity index (χ4v) is 2.93. The SMILES string of the molecule is COC1CCC(NC(C)c2ccc(F)c(Br)c2)C1. The van der Waals surface area contributed by atoms with Gasteiger partial charge in [0.1, 0.15) is 5.82 Å². The summed E-state index contributed by atoms with van der Waals surface area (Å²) in [7, 11) is 1.77. The second-order valence-corrected chi connectivity index (χ2v) is 5.78. The number of ether oxygens (including phenoxy) is 1. The number of hydrogen-bond acceptors (Lipinski definition) is 2. The van der Waals surface area contributed by atoms with Crippen molar-refractivity contribution < 1.29 is 9.13 Å². The molecule has 1 saturated carbocycles. The van der Waals surface area contributed by atoms with E-state index in [1.165, 1.54) is 6.07 Å². The Hall–Kier alpha value is -0.450. The van der Waals surface area contributed by atoms with Crippen molar-refractivity contribution in [1.29, 1.82) is 0 Å². The van der Waals surface area contributed by atoms with Crippen molar-refractivity contribution in [2.75, 3.05) is 7.11 Å². The maximum Gasteiger partial charge on any atom is 0.137 e. The Morgan fingerprint density at radius 3 is 2.83 bits per heavy atom. The van der Waals surface area contributed by atoms with Crippen molar-refractivity contribution in [2.45, 2.75) is 44.4 Å². The molecule has 0 spiro atoms. The van der Waals surface area contributed by atoms with Gasteiger partial charge in [0.25, 0.3) is 0 Å². The lowest BCUT2D eigenvalue weighted by atomic mass is 10.1. The van der Waals surface area contributed by atoms with Crippen molar-refractivity contribution in [3.05, 3.63) is 34.1 Å². The molecule has 18 heavy (non-hydrogen) atoms. The van der Waals surface area contributed by atoms with Gasteiger partial charge in [0.05, 0.1) is 10.6 Å². The van der Waals surface area contributed by atoms with Gasteiger partial charge in [0, 0.05) is 19.2 Å². The summed E-state index contributed by atoms with van der Waals surface area (Å²) in [5.74, 6) is -0.216. The number of hydrogen-bond donors (Lipinski definition) is 1. The predicted octanol–water partition coefficient (Wildman–Crippen LogP) is 3.81. The van der Waals surface area contributed by atoms with Crippen LogP contribution in [0.2, 0.25) is 0 Å². The quantitative estimate of drug-likeness (QED) is 0.912. The number of methoxy groups -OCH3 is 1. The zero-order valence-electron chi connectivity index (χ0n) is 10.7. The summed E-state index contributed by atoms with van der Waals surface area (Å²) >= 11 is 3.23. The molecule has 0 aliphatic heterocycles. The van der Waals surface area contributed by atoms with E-state index in [0.29, 0.717) is 16.6 Å². The van der Waals surface area contributed by atoms with E-state index in [0.717, 1.165) is 24.8 Å². The van der Waals surface area contributed by atoms with Gasteiger partial charge in [-0.05, 0) is 59.8 Å². The molecule has 4 heteroatoms. The molecule has 0 saturated heterocycles. The van der Waals surface area contributed by atoms with Crippen LogP contribution in [-0.2, 0) is 4.74 Å². The van der Waals surface area contributed by atoms with Crippen LogP contribution in [0.15, 0.2) is 22.7 Å². The smallest absolute Gasteiger partial charge is 0.137 e. The Kier molecular flexibility index (Phi) is 4.76. The Bertz CT molecular complexity index is 413. The molecule has 0 heterocycles. The van der Waals surface area contributed by atoms with E-state index >= 15 is 0 Å². The zero-order valence-corrected chi connectivity index (χ0v) is 12.3. The summed E-state index contributed by atoms with van der Waals surface area (Å²) in [5.41, 5.74) is 1.10. The standard InChI is InChI=1S/C14H19BrFNO/c1-9(10-3-6-14(16)13(15)7-10)17-11-4-5-12(8-11)18-2/h3,6-7,9,11-12,17H,4-5,8H2,1-2H3. The van der Waals surface area contributed by atoms with Crippen LogP contribution in [0, 0.1) is 5.82 Å². The summed E-state index contributed by atoms with van der Waals surface area (Å²) in [5, 5.41) is 3.58. The first kappa shape index (κ1) is 14.0. The number of rotatable bonds is 4. The second-order valence-electron chi connectivity index (χ2n) is 4.93. The highest BCUT2D eigenvalue weighted by atomic mass is 79.9. The topological polar surface area (TPSA) is 21.3 Å². The van der Waals surface area contributed by atoms with Gasteiger partial charge in [-0.1, -0.05) is 6.07 Å². The highest BCUT2D eigenvalue weighted by molar-refractivity contribution is 9.10. The molecule has 1 N–H and O–H groups in total. The number of nitrogens with one attached hydrogen (secondary N) is 1. The Morgan fingerprint density at radius 2 is 2.22 bits per heavy atom. The van der Waals surface area contributed by atoms with Crippen molar-refractivity contribution in [3.63, 3.8) is 0 Å². The fraction of sp³-hybridized carbons (Fsp3) is 0.571. The molecule has 1 aliphatic rings. The third kappa shape index (κ3) is 3.31. The molecule has 0 radical (unpaired) electrons. The molecule has 3 atom stereocenters. The van der Waals surface area contributed by atoms with E-state index in [-0.39, 0.29) is 11.9 Å². The van der Waals surface area contributed by atoms with Crippen molar-refractivity contribution in [2.24, 2.45) is 0 Å². The number of halogens is 2. The molecule has 1 aliphatic carbocycles. The summed E-state index contributed by atoms with van der Waals surface area (Å²) in [6.45, 7) is 2.11. The lowest BCUT2D eigenvalue weighted by Crippen LogP contribution is -2.30. The van der Waals surface area contributed by atoms with Gasteiger partial charge in [-0.25, -0.2) is 4.39 Å². The molecule has 3 unspecified atom stereocenters. The van der Waals surface area contributed by atoms with Crippen LogP contribution in [0.4, 0.5) is 4.39 Å². The maximum absolute atomic E-state index is 13.2. The molecular weight excluding hydrogens is 297 g/mol. The molecule has 2 rings (SSSR count). The fourth-order valence-electron chi connectivity index (χ4n) is 2.54. The van der Waals surface area contributed by atoms with Gasteiger partial charge < -0.3 is 10.1 Å². The van der Waals surface area contributed by atoms with E-state index in [2.05, 4.69) is 28.2 Å². The average molecular weight is 316 g/mol. The van der Waals surface area contributed by atoms with Crippen LogP contribution >= 0.6 is 15.9 Å². The molecule has 1 aromatic rings. The Balaban J connectivity index is 1.95. The molecular formula is C14H19BrFNO. The largest absolute Gasteiger partial charge is 0.381 e. The van der Waals surface area contributed by atoms with Crippen LogP contribution in [0.3, 0.4) is 0 Å². The van der Waals surface area contributed by atoms with Crippen LogP contribution in [0.5, 0.6) is 0 Å². The van der Waals surface area contributed by atoms with E-state index in [9.17, 15) is 4.39 Å². The van der Waals surface area contributed by atoms with E-state index in [1.54, 1.807) is 7.11 Å². The van der Waals surface area contributed by atoms with E-state index in [4.69, 9.17) is 4.74 Å². The summed E-state index contributed by atoms with van der Waals surface area (Å²) in [6.07, 6.45) is 3.71. The first-order valence-electron chi connectivity index (χ1n) is 6.34. The van der Waals surface area contributed by atoms with Gasteiger partial charge in [0.2, 0.25) is 0 Å². The molecule has 1 aromatic carbocycles. The lowest BCUT2D eigenvalue weighted by molar-refractivity contribution is 0.106. The van der Waals surface area contributed by atoms with Crippen LogP contribution in [-0.4, -0.2) is 19.3 Å². The van der Waals surface area contributed by atoms with Crippen molar-refractivity contribution in [3.8, 4) is 0 Å².